The van der Waals surface area contributed by atoms with Gasteiger partial charge in [0, 0.05) is 66.1 Å². The van der Waals surface area contributed by atoms with E-state index in [9.17, 15) is 10.1 Å². The van der Waals surface area contributed by atoms with Gasteiger partial charge in [0.1, 0.15) is 0 Å². The molecule has 2 aromatic carbocycles. The van der Waals surface area contributed by atoms with Gasteiger partial charge in [-0.05, 0) is 72.9 Å². The largest absolute Gasteiger partial charge is 0.399 e. The van der Waals surface area contributed by atoms with E-state index in [4.69, 9.17) is 5.73 Å². The summed E-state index contributed by atoms with van der Waals surface area (Å²) in [5.41, 5.74) is 12.2. The number of aromatic nitrogens is 2. The Morgan fingerprint density at radius 2 is 1.22 bits per heavy atom. The number of aryl methyl sites for hydroxylation is 2. The van der Waals surface area contributed by atoms with Crippen molar-refractivity contribution >= 4 is 33.2 Å². The highest BCUT2D eigenvalue weighted by Crippen LogP contribution is 2.39. The van der Waals surface area contributed by atoms with Crippen LogP contribution in [0.15, 0.2) is 48.8 Å². The number of nitrogens with zero attached hydrogens (tertiary/aromatic N) is 3. The topological polar surface area (TPSA) is 79.0 Å². The first-order chi connectivity index (χ1) is 17.4. The first-order valence-corrected chi connectivity index (χ1v) is 13.5. The number of fused-ring (bicyclic) bond motifs is 2. The molecule has 2 heterocycles. The minimum atomic E-state index is -0.308. The van der Waals surface area contributed by atoms with Gasteiger partial charge < -0.3 is 14.9 Å². The third-order valence-corrected chi connectivity index (χ3v) is 8.35. The maximum absolute atomic E-state index is 10.9. The van der Waals surface area contributed by atoms with Crippen molar-refractivity contribution in [2.45, 2.75) is 76.0 Å². The molecule has 2 aliphatic carbocycles. The Bertz CT molecular complexity index is 1370. The van der Waals surface area contributed by atoms with Gasteiger partial charge in [0.25, 0.3) is 5.69 Å². The van der Waals surface area contributed by atoms with Gasteiger partial charge in [0.05, 0.1) is 4.92 Å². The molecule has 0 bridgehead atoms. The highest BCUT2D eigenvalue weighted by Gasteiger charge is 2.21. The molecule has 2 aliphatic rings. The van der Waals surface area contributed by atoms with Crippen molar-refractivity contribution < 1.29 is 4.92 Å². The molecule has 0 amide bonds. The number of rotatable bonds is 3. The molecule has 0 aliphatic heterocycles. The predicted octanol–water partition coefficient (Wildman–Crippen LogP) is 7.94. The summed E-state index contributed by atoms with van der Waals surface area (Å²) in [4.78, 5) is 10.6. The molecule has 2 N–H and O–H groups in total. The van der Waals surface area contributed by atoms with Crippen molar-refractivity contribution in [1.82, 2.24) is 9.13 Å². The molecule has 0 radical (unpaired) electrons. The van der Waals surface area contributed by atoms with E-state index in [1.54, 1.807) is 12.1 Å². The highest BCUT2D eigenvalue weighted by atomic mass is 16.6. The van der Waals surface area contributed by atoms with E-state index in [0.29, 0.717) is 5.92 Å². The average Bonchev–Trinajstić information content (AvgIpc) is 3.41. The van der Waals surface area contributed by atoms with Crippen LogP contribution in [-0.2, 0) is 14.1 Å². The minimum absolute atomic E-state index is 0.191. The van der Waals surface area contributed by atoms with E-state index in [1.165, 1.54) is 86.2 Å². The number of nitro benzene ring substituents is 1. The van der Waals surface area contributed by atoms with Crippen LogP contribution in [-0.4, -0.2) is 14.1 Å². The van der Waals surface area contributed by atoms with E-state index in [1.807, 2.05) is 19.2 Å². The molecule has 2 saturated carbocycles. The van der Waals surface area contributed by atoms with Gasteiger partial charge in [-0.2, -0.15) is 0 Å². The summed E-state index contributed by atoms with van der Waals surface area (Å²) in [7, 11) is 4.14. The molecule has 2 fully saturated rings. The first kappa shape index (κ1) is 24.4. The summed E-state index contributed by atoms with van der Waals surface area (Å²) in [6.45, 7) is 0. The Morgan fingerprint density at radius 3 is 1.72 bits per heavy atom. The summed E-state index contributed by atoms with van der Waals surface area (Å²) < 4.78 is 4.32. The van der Waals surface area contributed by atoms with Crippen molar-refractivity contribution in [3.8, 4) is 0 Å². The number of hydrogen-bond donors (Lipinski definition) is 1. The van der Waals surface area contributed by atoms with E-state index in [2.05, 4.69) is 40.7 Å². The molecular formula is C30H38N4O2. The second kappa shape index (κ2) is 10.4. The van der Waals surface area contributed by atoms with Gasteiger partial charge in [-0.15, -0.1) is 0 Å². The molecule has 6 nitrogen and oxygen atoms in total. The van der Waals surface area contributed by atoms with Gasteiger partial charge in [-0.3, -0.25) is 10.1 Å². The fourth-order valence-electron chi connectivity index (χ4n) is 6.44. The molecule has 36 heavy (non-hydrogen) atoms. The van der Waals surface area contributed by atoms with Gasteiger partial charge in [-0.25, -0.2) is 0 Å². The first-order valence-electron chi connectivity index (χ1n) is 13.5. The maximum Gasteiger partial charge on any atom is 0.270 e. The van der Waals surface area contributed by atoms with Gasteiger partial charge in [0.15, 0.2) is 0 Å². The monoisotopic (exact) mass is 486 g/mol. The van der Waals surface area contributed by atoms with Crippen molar-refractivity contribution in [3.63, 3.8) is 0 Å². The van der Waals surface area contributed by atoms with Crippen molar-refractivity contribution in [3.05, 3.63) is 70.0 Å². The normalized spacial score (nSPS) is 17.3. The zero-order chi connectivity index (χ0) is 25.2. The van der Waals surface area contributed by atoms with Crippen LogP contribution in [0.1, 0.15) is 87.2 Å². The summed E-state index contributed by atoms with van der Waals surface area (Å²) in [6, 6.07) is 11.5. The molecule has 190 valence electrons. The Morgan fingerprint density at radius 1 is 0.750 bits per heavy atom. The van der Waals surface area contributed by atoms with Crippen molar-refractivity contribution in [1.29, 1.82) is 0 Å². The lowest BCUT2D eigenvalue weighted by atomic mass is 9.84. The fourth-order valence-corrected chi connectivity index (χ4v) is 6.44. The summed E-state index contributed by atoms with van der Waals surface area (Å²) in [5.74, 6) is 1.31. The summed E-state index contributed by atoms with van der Waals surface area (Å²) in [6.07, 6.45) is 17.6. The van der Waals surface area contributed by atoms with E-state index in [0.717, 1.165) is 22.5 Å². The molecule has 0 atom stereocenters. The van der Waals surface area contributed by atoms with Crippen molar-refractivity contribution in [2.75, 3.05) is 5.73 Å². The minimum Gasteiger partial charge on any atom is -0.399 e. The van der Waals surface area contributed by atoms with Gasteiger partial charge >= 0.3 is 0 Å². The average molecular weight is 487 g/mol. The molecule has 0 saturated heterocycles. The molecule has 0 unspecified atom stereocenters. The highest BCUT2D eigenvalue weighted by molar-refractivity contribution is 5.87. The van der Waals surface area contributed by atoms with E-state index < -0.39 is 0 Å². The lowest BCUT2D eigenvalue weighted by molar-refractivity contribution is -0.384. The maximum atomic E-state index is 10.9. The van der Waals surface area contributed by atoms with Crippen molar-refractivity contribution in [2.24, 2.45) is 14.1 Å². The number of anilines is 1. The lowest BCUT2D eigenvalue weighted by Crippen LogP contribution is -2.03. The lowest BCUT2D eigenvalue weighted by Gasteiger charge is -2.21. The van der Waals surface area contributed by atoms with Crippen LogP contribution in [0.2, 0.25) is 0 Å². The third-order valence-electron chi connectivity index (χ3n) is 8.35. The number of nitrogens with two attached hydrogens (primary N) is 1. The van der Waals surface area contributed by atoms with E-state index >= 15 is 0 Å². The standard InChI is InChI=1S/C15H18N2O2.C15H20N2/c1-16-10-14(11-5-3-2-4-6-11)13-9-12(17(18)19)7-8-15(13)16;1-17-10-14(11-5-3-2-4-6-11)13-9-12(16)7-8-15(13)17/h7-11H,2-6H2,1H3;7-11H,2-6,16H2,1H3. The second-order valence-corrected chi connectivity index (χ2v) is 10.8. The summed E-state index contributed by atoms with van der Waals surface area (Å²) in [5, 5.41) is 13.4. The Balaban J connectivity index is 0.000000149. The quantitative estimate of drug-likeness (QED) is 0.181. The Hall–Kier alpha value is -3.28. The molecule has 4 aromatic rings. The number of hydrogen-bond acceptors (Lipinski definition) is 3. The smallest absolute Gasteiger partial charge is 0.270 e. The fraction of sp³-hybridized carbons (Fsp3) is 0.467. The number of nitro groups is 1. The van der Waals surface area contributed by atoms with Crippen LogP contribution < -0.4 is 5.73 Å². The predicted molar refractivity (Wildman–Crippen MR) is 149 cm³/mol. The number of nitrogen functional groups attached to an aromatic ring is 1. The van der Waals surface area contributed by atoms with E-state index in [-0.39, 0.29) is 10.6 Å². The molecule has 0 spiro atoms. The number of non-ortho nitro benzene ring substituents is 1. The number of benzene rings is 2. The zero-order valence-corrected chi connectivity index (χ0v) is 21.6. The Kier molecular flexibility index (Phi) is 7.04. The molecule has 2 aromatic heterocycles. The van der Waals surface area contributed by atoms with Crippen LogP contribution in [0, 0.1) is 10.1 Å². The van der Waals surface area contributed by atoms with Crippen LogP contribution in [0.4, 0.5) is 11.4 Å². The van der Waals surface area contributed by atoms with Crippen LogP contribution >= 0.6 is 0 Å². The molecule has 6 rings (SSSR count). The van der Waals surface area contributed by atoms with Crippen LogP contribution in [0.5, 0.6) is 0 Å². The van der Waals surface area contributed by atoms with Gasteiger partial charge in [-0.1, -0.05) is 38.5 Å². The van der Waals surface area contributed by atoms with Gasteiger partial charge in [0.2, 0.25) is 0 Å². The Labute approximate surface area is 213 Å². The van der Waals surface area contributed by atoms with Crippen LogP contribution in [0.25, 0.3) is 21.8 Å². The second-order valence-electron chi connectivity index (χ2n) is 10.8. The molecule has 6 heteroatoms. The van der Waals surface area contributed by atoms with Crippen LogP contribution in [0.3, 0.4) is 0 Å². The zero-order valence-electron chi connectivity index (χ0n) is 21.6. The molecular weight excluding hydrogens is 448 g/mol. The SMILES string of the molecule is Cn1cc(C2CCCCC2)c2cc(N)ccc21.Cn1cc(C2CCCCC2)c2cc([N+](=O)[O-])ccc21. The third kappa shape index (κ3) is 4.86. The summed E-state index contributed by atoms with van der Waals surface area (Å²) >= 11 is 0.